The van der Waals surface area contributed by atoms with Gasteiger partial charge in [-0.1, -0.05) is 15.9 Å². The number of rotatable bonds is 1. The van der Waals surface area contributed by atoms with E-state index in [1.807, 2.05) is 0 Å². The number of carbonyl (C=O) groups is 1. The Kier molecular flexibility index (Phi) is 3.17. The van der Waals surface area contributed by atoms with Crippen LogP contribution in [0, 0.1) is 5.92 Å². The van der Waals surface area contributed by atoms with Gasteiger partial charge in [0.05, 0.1) is 0 Å². The third-order valence-electron chi connectivity index (χ3n) is 2.01. The van der Waals surface area contributed by atoms with Gasteiger partial charge in [0.15, 0.2) is 0 Å². The van der Waals surface area contributed by atoms with Crippen LogP contribution >= 0.6 is 15.9 Å². The summed E-state index contributed by atoms with van der Waals surface area (Å²) in [5.74, 6) is 0.514. The topological polar surface area (TPSA) is 40.5 Å². The Morgan fingerprint density at radius 3 is 3.00 bits per heavy atom. The van der Waals surface area contributed by atoms with Crippen molar-refractivity contribution in [2.45, 2.75) is 12.8 Å². The summed E-state index contributed by atoms with van der Waals surface area (Å²) in [5.41, 5.74) is 0. The Morgan fingerprint density at radius 1 is 1.73 bits per heavy atom. The fourth-order valence-electron chi connectivity index (χ4n) is 1.36. The molecule has 4 heteroatoms. The first-order valence-corrected chi connectivity index (χ1v) is 4.90. The lowest BCUT2D eigenvalue weighted by Crippen LogP contribution is -2.39. The van der Waals surface area contributed by atoms with Gasteiger partial charge in [0.25, 0.3) is 0 Å². The van der Waals surface area contributed by atoms with Crippen LogP contribution in [-0.2, 0) is 0 Å². The number of halogens is 1. The van der Waals surface area contributed by atoms with Gasteiger partial charge in [0.2, 0.25) is 0 Å². The molecule has 0 aliphatic carbocycles. The lowest BCUT2D eigenvalue weighted by Gasteiger charge is -2.29. The van der Waals surface area contributed by atoms with Crippen LogP contribution in [-0.4, -0.2) is 34.5 Å². The molecule has 0 unspecified atom stereocenters. The van der Waals surface area contributed by atoms with E-state index < -0.39 is 6.09 Å². The lowest BCUT2D eigenvalue weighted by atomic mass is 10.0. The second kappa shape index (κ2) is 3.95. The first kappa shape index (κ1) is 8.84. The zero-order chi connectivity index (χ0) is 8.27. The highest BCUT2D eigenvalue weighted by atomic mass is 79.9. The van der Waals surface area contributed by atoms with E-state index in [1.54, 1.807) is 0 Å². The van der Waals surface area contributed by atoms with Gasteiger partial charge in [-0.2, -0.15) is 0 Å². The van der Waals surface area contributed by atoms with Gasteiger partial charge < -0.3 is 10.0 Å². The molecule has 1 amide bonds. The second-order valence-electron chi connectivity index (χ2n) is 2.89. The number of amides is 1. The molecule has 1 fully saturated rings. The molecule has 1 rings (SSSR count). The molecule has 11 heavy (non-hydrogen) atoms. The highest BCUT2D eigenvalue weighted by Crippen LogP contribution is 2.17. The highest BCUT2D eigenvalue weighted by molar-refractivity contribution is 9.09. The van der Waals surface area contributed by atoms with Crippen molar-refractivity contribution in [3.8, 4) is 0 Å². The molecule has 0 aromatic heterocycles. The van der Waals surface area contributed by atoms with Crippen molar-refractivity contribution in [3.05, 3.63) is 0 Å². The molecule has 0 saturated carbocycles. The first-order chi connectivity index (χ1) is 5.24. The summed E-state index contributed by atoms with van der Waals surface area (Å²) in [5, 5.41) is 9.58. The predicted molar refractivity (Wildman–Crippen MR) is 46.1 cm³/mol. The molecule has 1 N–H and O–H groups in total. The van der Waals surface area contributed by atoms with Gasteiger partial charge in [0, 0.05) is 18.4 Å². The summed E-state index contributed by atoms with van der Waals surface area (Å²) in [6, 6.07) is 0. The quantitative estimate of drug-likeness (QED) is 0.687. The van der Waals surface area contributed by atoms with Crippen LogP contribution in [0.25, 0.3) is 0 Å². The minimum atomic E-state index is -0.782. The van der Waals surface area contributed by atoms with Crippen LogP contribution in [0.2, 0.25) is 0 Å². The average Bonchev–Trinajstić information content (AvgIpc) is 2.05. The van der Waals surface area contributed by atoms with E-state index >= 15 is 0 Å². The molecule has 0 aromatic rings. The highest BCUT2D eigenvalue weighted by Gasteiger charge is 2.21. The van der Waals surface area contributed by atoms with Crippen LogP contribution in [0.15, 0.2) is 0 Å². The summed E-state index contributed by atoms with van der Waals surface area (Å²) < 4.78 is 0. The SMILES string of the molecule is O=C(O)N1CCC[C@@H](CBr)C1. The molecule has 0 aromatic carbocycles. The fourth-order valence-corrected chi connectivity index (χ4v) is 1.89. The van der Waals surface area contributed by atoms with Crippen molar-refractivity contribution in [2.24, 2.45) is 5.92 Å². The number of nitrogens with zero attached hydrogens (tertiary/aromatic N) is 1. The summed E-state index contributed by atoms with van der Waals surface area (Å²) in [6.07, 6.45) is 1.37. The molecular formula is C7H12BrNO2. The fraction of sp³-hybridized carbons (Fsp3) is 0.857. The number of hydrogen-bond donors (Lipinski definition) is 1. The molecular weight excluding hydrogens is 210 g/mol. The van der Waals surface area contributed by atoms with Crippen molar-refractivity contribution >= 4 is 22.0 Å². The normalized spacial score (nSPS) is 25.2. The van der Waals surface area contributed by atoms with Crippen molar-refractivity contribution in [2.75, 3.05) is 18.4 Å². The molecule has 1 aliphatic heterocycles. The largest absolute Gasteiger partial charge is 0.465 e. The Labute approximate surface area is 74.5 Å². The van der Waals surface area contributed by atoms with Crippen LogP contribution in [0.1, 0.15) is 12.8 Å². The number of carboxylic acid groups (broad SMARTS) is 1. The summed E-state index contributed by atoms with van der Waals surface area (Å²) in [4.78, 5) is 12.0. The van der Waals surface area contributed by atoms with Crippen LogP contribution < -0.4 is 0 Å². The molecule has 0 bridgehead atoms. The molecule has 64 valence electrons. The van der Waals surface area contributed by atoms with E-state index in [9.17, 15) is 4.79 Å². The maximum absolute atomic E-state index is 10.5. The van der Waals surface area contributed by atoms with E-state index in [1.165, 1.54) is 4.90 Å². The molecule has 3 nitrogen and oxygen atoms in total. The molecule has 0 spiro atoms. The Morgan fingerprint density at radius 2 is 2.45 bits per heavy atom. The van der Waals surface area contributed by atoms with Gasteiger partial charge in [-0.15, -0.1) is 0 Å². The third kappa shape index (κ3) is 2.36. The minimum absolute atomic E-state index is 0.514. The first-order valence-electron chi connectivity index (χ1n) is 3.78. The van der Waals surface area contributed by atoms with Crippen molar-refractivity contribution < 1.29 is 9.90 Å². The number of likely N-dealkylation sites (tertiary alicyclic amines) is 1. The van der Waals surface area contributed by atoms with E-state index in [2.05, 4.69) is 15.9 Å². The lowest BCUT2D eigenvalue weighted by molar-refractivity contribution is 0.124. The summed E-state index contributed by atoms with van der Waals surface area (Å²) in [7, 11) is 0. The van der Waals surface area contributed by atoms with Gasteiger partial charge >= 0.3 is 6.09 Å². The van der Waals surface area contributed by atoms with Crippen LogP contribution in [0.4, 0.5) is 4.79 Å². The zero-order valence-corrected chi connectivity index (χ0v) is 7.88. The van der Waals surface area contributed by atoms with E-state index in [-0.39, 0.29) is 0 Å². The zero-order valence-electron chi connectivity index (χ0n) is 6.29. The third-order valence-corrected chi connectivity index (χ3v) is 2.92. The molecule has 1 atom stereocenters. The van der Waals surface area contributed by atoms with Crippen molar-refractivity contribution in [1.82, 2.24) is 4.90 Å². The minimum Gasteiger partial charge on any atom is -0.465 e. The number of piperidine rings is 1. The average molecular weight is 222 g/mol. The summed E-state index contributed by atoms with van der Waals surface area (Å²) >= 11 is 3.37. The van der Waals surface area contributed by atoms with E-state index in [0.717, 1.165) is 18.2 Å². The van der Waals surface area contributed by atoms with E-state index in [0.29, 0.717) is 19.0 Å². The van der Waals surface area contributed by atoms with Crippen LogP contribution in [0.5, 0.6) is 0 Å². The second-order valence-corrected chi connectivity index (χ2v) is 3.54. The van der Waals surface area contributed by atoms with Crippen molar-refractivity contribution in [1.29, 1.82) is 0 Å². The Bertz CT molecular complexity index is 151. The molecule has 1 heterocycles. The van der Waals surface area contributed by atoms with Gasteiger partial charge in [0.1, 0.15) is 0 Å². The Balaban J connectivity index is 2.39. The maximum atomic E-state index is 10.5. The monoisotopic (exact) mass is 221 g/mol. The van der Waals surface area contributed by atoms with Gasteiger partial charge in [-0.05, 0) is 18.8 Å². The maximum Gasteiger partial charge on any atom is 0.407 e. The van der Waals surface area contributed by atoms with Gasteiger partial charge in [-0.25, -0.2) is 4.79 Å². The molecule has 1 saturated heterocycles. The van der Waals surface area contributed by atoms with Crippen molar-refractivity contribution in [3.63, 3.8) is 0 Å². The Hall–Kier alpha value is -0.250. The van der Waals surface area contributed by atoms with Crippen LogP contribution in [0.3, 0.4) is 0 Å². The predicted octanol–water partition coefficient (Wildman–Crippen LogP) is 1.77. The summed E-state index contributed by atoms with van der Waals surface area (Å²) in [6.45, 7) is 1.40. The van der Waals surface area contributed by atoms with E-state index in [4.69, 9.17) is 5.11 Å². The number of hydrogen-bond acceptors (Lipinski definition) is 1. The number of alkyl halides is 1. The molecule has 0 radical (unpaired) electrons. The van der Waals surface area contributed by atoms with Gasteiger partial charge in [-0.3, -0.25) is 0 Å². The standard InChI is InChI=1S/C7H12BrNO2/c8-4-6-2-1-3-9(5-6)7(10)11/h6H,1-5H2,(H,10,11)/t6-/m0/s1. The molecule has 1 aliphatic rings. The smallest absolute Gasteiger partial charge is 0.407 e.